The Kier molecular flexibility index (Phi) is 6.06. The molecule has 0 saturated carbocycles. The van der Waals surface area contributed by atoms with Crippen LogP contribution in [0.2, 0.25) is 0 Å². The lowest BCUT2D eigenvalue weighted by Gasteiger charge is -2.12. The van der Waals surface area contributed by atoms with Crippen LogP contribution < -0.4 is 4.74 Å². The number of benzene rings is 1. The highest BCUT2D eigenvalue weighted by molar-refractivity contribution is 6.17. The number of aldehydes is 1. The quantitative estimate of drug-likeness (QED) is 0.419. The maximum absolute atomic E-state index is 10.7. The van der Waals surface area contributed by atoms with E-state index in [1.54, 1.807) is 0 Å². The summed E-state index contributed by atoms with van der Waals surface area (Å²) in [6, 6.07) is 5.78. The maximum Gasteiger partial charge on any atom is 0.127 e. The number of hydrogen-bond acceptors (Lipinski definition) is 2. The van der Waals surface area contributed by atoms with E-state index in [9.17, 15) is 4.79 Å². The van der Waals surface area contributed by atoms with Crippen molar-refractivity contribution in [2.75, 3.05) is 6.61 Å². The van der Waals surface area contributed by atoms with Crippen LogP contribution in [0.4, 0.5) is 0 Å². The Bertz CT molecular complexity index is 363. The summed E-state index contributed by atoms with van der Waals surface area (Å²) >= 11 is 5.90. The Morgan fingerprint density at radius 2 is 2.24 bits per heavy atom. The minimum atomic E-state index is -0.0957. The molecule has 0 saturated heterocycles. The number of carbonyl (C=O) groups excluding carboxylic acids is 1. The van der Waals surface area contributed by atoms with Gasteiger partial charge in [-0.2, -0.15) is 0 Å². The summed E-state index contributed by atoms with van der Waals surface area (Å²) in [6.45, 7) is 4.71. The first-order chi connectivity index (χ1) is 8.22. The molecule has 1 atom stereocenters. The van der Waals surface area contributed by atoms with Gasteiger partial charge in [-0.1, -0.05) is 32.4 Å². The van der Waals surface area contributed by atoms with Gasteiger partial charge in [0.1, 0.15) is 12.0 Å². The third-order valence-corrected chi connectivity index (χ3v) is 3.00. The van der Waals surface area contributed by atoms with Gasteiger partial charge in [0.2, 0.25) is 0 Å². The maximum atomic E-state index is 10.7. The van der Waals surface area contributed by atoms with Crippen molar-refractivity contribution in [3.63, 3.8) is 0 Å². The van der Waals surface area contributed by atoms with Gasteiger partial charge in [-0.25, -0.2) is 0 Å². The molecule has 94 valence electrons. The van der Waals surface area contributed by atoms with Gasteiger partial charge in [-0.15, -0.1) is 11.6 Å². The SMILES string of the molecule is CCCCOc1ccc(C(C)C=O)cc1CCl. The minimum Gasteiger partial charge on any atom is -0.493 e. The van der Waals surface area contributed by atoms with Crippen molar-refractivity contribution in [3.05, 3.63) is 29.3 Å². The van der Waals surface area contributed by atoms with Gasteiger partial charge in [0.15, 0.2) is 0 Å². The summed E-state index contributed by atoms with van der Waals surface area (Å²) in [7, 11) is 0. The molecule has 0 aromatic heterocycles. The average molecular weight is 255 g/mol. The van der Waals surface area contributed by atoms with Gasteiger partial charge in [0, 0.05) is 11.5 Å². The lowest BCUT2D eigenvalue weighted by Crippen LogP contribution is -2.01. The fourth-order valence-electron chi connectivity index (χ4n) is 1.53. The molecule has 1 unspecified atom stereocenters. The Hall–Kier alpha value is -1.02. The lowest BCUT2D eigenvalue weighted by molar-refractivity contribution is -0.108. The number of hydrogen-bond donors (Lipinski definition) is 0. The monoisotopic (exact) mass is 254 g/mol. The van der Waals surface area contributed by atoms with Gasteiger partial charge >= 0.3 is 0 Å². The standard InChI is InChI=1S/C14H19ClO2/c1-3-4-7-17-14-6-5-12(11(2)10-16)8-13(14)9-15/h5-6,8,10-11H,3-4,7,9H2,1-2H3. The van der Waals surface area contributed by atoms with Crippen LogP contribution in [0.1, 0.15) is 43.7 Å². The van der Waals surface area contributed by atoms with Crippen molar-refractivity contribution in [2.24, 2.45) is 0 Å². The zero-order chi connectivity index (χ0) is 12.7. The molecule has 2 nitrogen and oxygen atoms in total. The normalized spacial score (nSPS) is 12.2. The highest BCUT2D eigenvalue weighted by Crippen LogP contribution is 2.25. The summed E-state index contributed by atoms with van der Waals surface area (Å²) in [6.07, 6.45) is 3.08. The van der Waals surface area contributed by atoms with E-state index < -0.39 is 0 Å². The Morgan fingerprint density at radius 3 is 2.82 bits per heavy atom. The molecule has 0 bridgehead atoms. The van der Waals surface area contributed by atoms with Gasteiger partial charge in [-0.05, 0) is 18.1 Å². The van der Waals surface area contributed by atoms with E-state index in [0.29, 0.717) is 12.5 Å². The van der Waals surface area contributed by atoms with Crippen molar-refractivity contribution in [2.45, 2.75) is 38.5 Å². The summed E-state index contributed by atoms with van der Waals surface area (Å²) < 4.78 is 5.66. The molecule has 0 aliphatic rings. The topological polar surface area (TPSA) is 26.3 Å². The van der Waals surface area contributed by atoms with Crippen LogP contribution in [0.25, 0.3) is 0 Å². The van der Waals surface area contributed by atoms with E-state index in [1.807, 2.05) is 25.1 Å². The molecule has 0 fully saturated rings. The molecule has 0 spiro atoms. The lowest BCUT2D eigenvalue weighted by atomic mass is 10.0. The molecule has 0 aliphatic carbocycles. The fourth-order valence-corrected chi connectivity index (χ4v) is 1.74. The van der Waals surface area contributed by atoms with E-state index >= 15 is 0 Å². The number of carbonyl (C=O) groups is 1. The van der Waals surface area contributed by atoms with Crippen molar-refractivity contribution in [3.8, 4) is 5.75 Å². The number of unbranched alkanes of at least 4 members (excludes halogenated alkanes) is 1. The molecule has 0 heterocycles. The van der Waals surface area contributed by atoms with E-state index in [-0.39, 0.29) is 5.92 Å². The zero-order valence-electron chi connectivity index (χ0n) is 10.4. The number of halogens is 1. The molecule has 0 aliphatic heterocycles. The predicted octanol–water partition coefficient (Wildman–Crippen LogP) is 3.91. The van der Waals surface area contributed by atoms with Gasteiger partial charge in [0.25, 0.3) is 0 Å². The van der Waals surface area contributed by atoms with E-state index in [2.05, 4.69) is 6.92 Å². The van der Waals surface area contributed by atoms with Crippen molar-refractivity contribution < 1.29 is 9.53 Å². The molecule has 1 aromatic carbocycles. The molecule has 0 radical (unpaired) electrons. The van der Waals surface area contributed by atoms with Crippen LogP contribution in [-0.4, -0.2) is 12.9 Å². The number of alkyl halides is 1. The smallest absolute Gasteiger partial charge is 0.127 e. The Labute approximate surface area is 108 Å². The fraction of sp³-hybridized carbons (Fsp3) is 0.500. The largest absolute Gasteiger partial charge is 0.493 e. The summed E-state index contributed by atoms with van der Waals surface area (Å²) in [5, 5.41) is 0. The van der Waals surface area contributed by atoms with Crippen LogP contribution >= 0.6 is 11.6 Å². The molecular formula is C14H19ClO2. The average Bonchev–Trinajstić information content (AvgIpc) is 2.38. The molecule has 0 amide bonds. The Morgan fingerprint density at radius 1 is 1.47 bits per heavy atom. The predicted molar refractivity (Wildman–Crippen MR) is 70.9 cm³/mol. The molecule has 0 N–H and O–H groups in total. The third-order valence-electron chi connectivity index (χ3n) is 2.71. The second kappa shape index (κ2) is 7.33. The first kappa shape index (κ1) is 14.0. The molecule has 17 heavy (non-hydrogen) atoms. The third kappa shape index (κ3) is 4.04. The van der Waals surface area contributed by atoms with Crippen molar-refractivity contribution in [1.29, 1.82) is 0 Å². The van der Waals surface area contributed by atoms with Crippen LogP contribution in [-0.2, 0) is 10.7 Å². The van der Waals surface area contributed by atoms with Gasteiger partial charge in [0.05, 0.1) is 12.5 Å². The van der Waals surface area contributed by atoms with E-state index in [1.165, 1.54) is 0 Å². The van der Waals surface area contributed by atoms with Gasteiger partial charge in [-0.3, -0.25) is 0 Å². The molecule has 1 rings (SSSR count). The first-order valence-corrected chi connectivity index (χ1v) is 6.53. The zero-order valence-corrected chi connectivity index (χ0v) is 11.2. The summed E-state index contributed by atoms with van der Waals surface area (Å²) in [4.78, 5) is 10.7. The highest BCUT2D eigenvalue weighted by Gasteiger charge is 2.08. The van der Waals surface area contributed by atoms with Gasteiger partial charge < -0.3 is 9.53 Å². The van der Waals surface area contributed by atoms with E-state index in [4.69, 9.17) is 16.3 Å². The first-order valence-electron chi connectivity index (χ1n) is 5.99. The second-order valence-corrected chi connectivity index (χ2v) is 4.39. The molecule has 3 heteroatoms. The number of ether oxygens (including phenoxy) is 1. The molecular weight excluding hydrogens is 236 g/mol. The Balaban J connectivity index is 2.81. The molecule has 1 aromatic rings. The van der Waals surface area contributed by atoms with Crippen molar-refractivity contribution >= 4 is 17.9 Å². The van der Waals surface area contributed by atoms with Crippen LogP contribution in [0, 0.1) is 0 Å². The van der Waals surface area contributed by atoms with Crippen molar-refractivity contribution in [1.82, 2.24) is 0 Å². The number of rotatable bonds is 7. The summed E-state index contributed by atoms with van der Waals surface area (Å²) in [5.41, 5.74) is 1.94. The second-order valence-electron chi connectivity index (χ2n) is 4.13. The van der Waals surface area contributed by atoms with Crippen LogP contribution in [0.15, 0.2) is 18.2 Å². The van der Waals surface area contributed by atoms with Crippen LogP contribution in [0.3, 0.4) is 0 Å². The van der Waals surface area contributed by atoms with Crippen LogP contribution in [0.5, 0.6) is 5.75 Å². The highest BCUT2D eigenvalue weighted by atomic mass is 35.5. The minimum absolute atomic E-state index is 0.0957. The van der Waals surface area contributed by atoms with E-state index in [0.717, 1.165) is 36.0 Å². The summed E-state index contributed by atoms with van der Waals surface area (Å²) in [5.74, 6) is 1.14.